The number of aromatic nitrogens is 6. The number of pyridine rings is 2. The Labute approximate surface area is 535 Å². The van der Waals surface area contributed by atoms with Crippen molar-refractivity contribution in [3.8, 4) is 22.8 Å². The number of aliphatic hydroxyl groups is 2. The van der Waals surface area contributed by atoms with Crippen molar-refractivity contribution in [3.63, 3.8) is 0 Å². The highest BCUT2D eigenvalue weighted by molar-refractivity contribution is 9.10. The van der Waals surface area contributed by atoms with Crippen LogP contribution in [0, 0.1) is 22.7 Å². The molecule has 0 aromatic carbocycles. The molecule has 26 nitrogen and oxygen atoms in total. The van der Waals surface area contributed by atoms with Gasteiger partial charge in [-0.1, -0.05) is 0 Å². The number of anilines is 4. The molecule has 8 aliphatic heterocycles. The number of carbonyl (C=O) groups is 2. The summed E-state index contributed by atoms with van der Waals surface area (Å²) < 4.78 is 46.1. The molecule has 12 heterocycles. The molecule has 2 spiro atoms. The van der Waals surface area contributed by atoms with Crippen molar-refractivity contribution < 1.29 is 67.7 Å². The first-order valence-electron chi connectivity index (χ1n) is 31.4. The molecule has 0 radical (unpaired) electrons. The number of ether oxygens (including phenoxy) is 8. The third-order valence-electron chi connectivity index (χ3n) is 18.5. The number of halogens is 1. The van der Waals surface area contributed by atoms with Gasteiger partial charge in [-0.3, -0.25) is 0 Å². The molecule has 90 heavy (non-hydrogen) atoms. The van der Waals surface area contributed by atoms with Gasteiger partial charge in [0.1, 0.15) is 40.4 Å². The van der Waals surface area contributed by atoms with Gasteiger partial charge in [-0.05, 0) is 122 Å². The number of alkyl carbamates (subject to hydrolysis) is 2. The van der Waals surface area contributed by atoms with Crippen molar-refractivity contribution in [1.82, 2.24) is 40.5 Å². The summed E-state index contributed by atoms with van der Waals surface area (Å²) in [5, 5.41) is 44.9. The highest BCUT2D eigenvalue weighted by Gasteiger charge is 2.53. The van der Waals surface area contributed by atoms with Crippen LogP contribution in [0.2, 0.25) is 0 Å². The van der Waals surface area contributed by atoms with E-state index < -0.39 is 30.5 Å². The Balaban J connectivity index is 0.000000162. The van der Waals surface area contributed by atoms with Crippen LogP contribution in [-0.2, 0) is 41.6 Å². The third kappa shape index (κ3) is 14.9. The van der Waals surface area contributed by atoms with E-state index in [0.29, 0.717) is 113 Å². The number of rotatable bonds is 12. The smallest absolute Gasteiger partial charge is 0.488 e. The molecular weight excluding hydrogens is 1230 g/mol. The van der Waals surface area contributed by atoms with E-state index in [1.165, 1.54) is 0 Å². The van der Waals surface area contributed by atoms with E-state index in [4.69, 9.17) is 47.9 Å². The fourth-order valence-corrected chi connectivity index (χ4v) is 14.5. The molecule has 8 aliphatic rings. The van der Waals surface area contributed by atoms with Gasteiger partial charge in [0.05, 0.1) is 94.1 Å². The van der Waals surface area contributed by atoms with Crippen molar-refractivity contribution >= 4 is 64.0 Å². The summed E-state index contributed by atoms with van der Waals surface area (Å²) in [5.74, 6) is 5.04. The molecule has 0 bridgehead atoms. The number of hydrogen-bond donors (Lipinski definition) is 6. The van der Waals surface area contributed by atoms with Crippen molar-refractivity contribution in [1.29, 1.82) is 0 Å². The first-order valence-corrected chi connectivity index (χ1v) is 32.2. The molecule has 492 valence electrons. The minimum Gasteiger partial charge on any atom is -0.488 e. The molecule has 28 heteroatoms. The number of hydrogen-bond acceptors (Lipinski definition) is 24. The number of piperidine rings is 2. The topological polar surface area (TPSA) is 303 Å². The van der Waals surface area contributed by atoms with Crippen LogP contribution in [0.1, 0.15) is 105 Å². The van der Waals surface area contributed by atoms with E-state index in [1.807, 2.05) is 61.5 Å². The number of amides is 2. The maximum Gasteiger partial charge on any atom is 0.492 e. The van der Waals surface area contributed by atoms with Gasteiger partial charge in [-0.15, -0.1) is 0 Å². The highest BCUT2D eigenvalue weighted by Crippen LogP contribution is 2.47. The second-order valence-corrected chi connectivity index (χ2v) is 27.9. The number of fused-ring (bicyclic) bond motifs is 6. The van der Waals surface area contributed by atoms with E-state index in [9.17, 15) is 29.9 Å². The summed E-state index contributed by atoms with van der Waals surface area (Å²) in [7, 11) is 1.91. The Morgan fingerprint density at radius 3 is 1.59 bits per heavy atom. The summed E-state index contributed by atoms with van der Waals surface area (Å²) in [6.07, 6.45) is 11.1. The Kier molecular flexibility index (Phi) is 20.9. The maximum atomic E-state index is 12.6. The van der Waals surface area contributed by atoms with Crippen LogP contribution in [0.5, 0.6) is 11.5 Å². The van der Waals surface area contributed by atoms with E-state index in [-0.39, 0.29) is 54.4 Å². The Morgan fingerprint density at radius 1 is 0.667 bits per heavy atom. The van der Waals surface area contributed by atoms with Gasteiger partial charge in [0.15, 0.2) is 34.8 Å². The largest absolute Gasteiger partial charge is 0.492 e. The van der Waals surface area contributed by atoms with Crippen molar-refractivity contribution in [2.45, 2.75) is 155 Å². The van der Waals surface area contributed by atoms with Crippen molar-refractivity contribution in [3.05, 3.63) is 52.9 Å². The Bertz CT molecular complexity index is 3130. The van der Waals surface area contributed by atoms with Crippen LogP contribution in [0.4, 0.5) is 32.9 Å². The molecule has 12 rings (SSSR count). The Hall–Kier alpha value is -5.98. The predicted octanol–water partition coefficient (Wildman–Crippen LogP) is 4.79. The first-order chi connectivity index (χ1) is 42.9. The average molecular weight is 1320 g/mol. The summed E-state index contributed by atoms with van der Waals surface area (Å²) in [6.45, 7) is 23.2. The van der Waals surface area contributed by atoms with Crippen LogP contribution in [0.15, 0.2) is 41.5 Å². The quantitative estimate of drug-likeness (QED) is 0.104. The minimum absolute atomic E-state index is 0.0699. The van der Waals surface area contributed by atoms with E-state index in [0.717, 1.165) is 89.3 Å². The van der Waals surface area contributed by atoms with Crippen LogP contribution < -0.4 is 45.2 Å². The predicted molar refractivity (Wildman–Crippen MR) is 339 cm³/mol. The number of carbonyl (C=O) groups excluding carboxylic acids is 2. The van der Waals surface area contributed by atoms with Crippen LogP contribution in [0.3, 0.4) is 0 Å². The lowest BCUT2D eigenvalue weighted by Gasteiger charge is -2.43. The minimum atomic E-state index is -1.54. The number of nitrogens with zero attached hydrogens (tertiary/aromatic N) is 10. The van der Waals surface area contributed by atoms with Crippen LogP contribution >= 0.6 is 15.9 Å². The molecule has 0 saturated carbocycles. The van der Waals surface area contributed by atoms with Gasteiger partial charge in [-0.2, -0.15) is 0 Å². The SMILES string of the molecule is COC[C@H]1C[C@H]2COc3c(-c4cnc(N5CCC6(CC5)CO[C@@H](C)[C@H]6NC(=O)OC(C)(C)C)c(CO)n4)ccnc3N2C1.COC[C@H]1C[C@H]2COc3c(B(O)O)ccnc3N2C1.C[C@@H]1OCC2(CCN(c3ncc(Br)nc3CO)CC2)[C@@H]1NC(=O)OC(C)(C)C. The number of aliphatic hydroxyl groups excluding tert-OH is 2. The van der Waals surface area contributed by atoms with Gasteiger partial charge < -0.3 is 88.4 Å². The molecule has 2 amide bonds. The van der Waals surface area contributed by atoms with Crippen molar-refractivity contribution in [2.75, 3.05) is 113 Å². The van der Waals surface area contributed by atoms with Gasteiger partial charge in [0, 0.05) is 99.6 Å². The monoisotopic (exact) mass is 1320 g/mol. The molecule has 4 aromatic heterocycles. The normalized spacial score (nSPS) is 25.3. The Morgan fingerprint density at radius 2 is 1.12 bits per heavy atom. The zero-order valence-electron chi connectivity index (χ0n) is 53.5. The van der Waals surface area contributed by atoms with Crippen LogP contribution in [-0.4, -0.2) is 210 Å². The lowest BCUT2D eigenvalue weighted by Crippen LogP contribution is -2.55. The highest BCUT2D eigenvalue weighted by atomic mass is 79.9. The van der Waals surface area contributed by atoms with E-state index >= 15 is 0 Å². The summed E-state index contributed by atoms with van der Waals surface area (Å²) in [5.41, 5.74) is 1.49. The lowest BCUT2D eigenvalue weighted by molar-refractivity contribution is 0.0424. The fraction of sp³-hybridized carbons (Fsp3) is 0.677. The van der Waals surface area contributed by atoms with Gasteiger partial charge >= 0.3 is 19.3 Å². The fourth-order valence-electron chi connectivity index (χ4n) is 14.2. The van der Waals surface area contributed by atoms with E-state index in [1.54, 1.807) is 45.1 Å². The van der Waals surface area contributed by atoms with Crippen molar-refractivity contribution in [2.24, 2.45) is 22.7 Å². The average Bonchev–Trinajstić information content (AvgIpc) is 1.53. The maximum absolute atomic E-state index is 12.6. The second kappa shape index (κ2) is 28.1. The van der Waals surface area contributed by atoms with Gasteiger partial charge in [-0.25, -0.2) is 39.5 Å². The van der Waals surface area contributed by atoms with Gasteiger partial charge in [0.2, 0.25) is 0 Å². The van der Waals surface area contributed by atoms with Crippen LogP contribution in [0.25, 0.3) is 11.3 Å². The molecule has 0 aliphatic carbocycles. The molecule has 4 aromatic rings. The lowest BCUT2D eigenvalue weighted by atomic mass is 9.73. The molecule has 8 atom stereocenters. The van der Waals surface area contributed by atoms with E-state index in [2.05, 4.69) is 66.1 Å². The standard InChI is InChI=1S/C31H44N6O6.C19H29BrN4O4.C12H17BN2O4/c1-19-26(35-29(39)43-30(2,3)4)31(18-42-19)7-10-36(11-8-31)27-24(15-38)34-23(13-33-27)22-6-9-32-28-25(22)41-17-21-12-20(16-40-5)14-37(21)28;1-12-15(23-17(26)28-18(2,3)4)19(11-27-12)5-7-24(8-6-19)16-13(10-25)22-14(20)9-21-16;1-18-6-8-4-9-7-19-11-10(13(16)17)2-3-14-12(11)15(9)5-8/h6,9,13,19-21,26,38H,7-8,10-12,14-18H2,1-5H3,(H,35,39);9,12,15,25H,5-8,10-11H2,1-4H3,(H,23,26);2-3,8-9,16-17H,4-7H2,1H3/t19-,20-,21-,26+;12-,15+;8-,9-/m000/s1. The zero-order valence-corrected chi connectivity index (χ0v) is 55.1. The third-order valence-corrected chi connectivity index (χ3v) is 18.8. The molecular formula is C62H90BBrN12O14. The molecule has 6 N–H and O–H groups in total. The number of methoxy groups -OCH3 is 2. The molecule has 0 unspecified atom stereocenters. The summed E-state index contributed by atoms with van der Waals surface area (Å²) in [4.78, 5) is 61.2. The summed E-state index contributed by atoms with van der Waals surface area (Å²) in [6, 6.07) is 3.81. The first kappa shape index (κ1) is 66.9. The summed E-state index contributed by atoms with van der Waals surface area (Å²) >= 11 is 3.30. The van der Waals surface area contributed by atoms with Gasteiger partial charge in [0.25, 0.3) is 0 Å². The zero-order chi connectivity index (χ0) is 64.3. The number of nitrogens with one attached hydrogen (secondary N) is 2. The second-order valence-electron chi connectivity index (χ2n) is 27.1. The molecule has 6 saturated heterocycles. The molecule has 6 fully saturated rings.